The lowest BCUT2D eigenvalue weighted by atomic mass is 10.0. The minimum atomic E-state index is -0.289. The Balaban J connectivity index is 2.94. The van der Waals surface area contributed by atoms with E-state index in [0.717, 1.165) is 31.4 Å². The van der Waals surface area contributed by atoms with E-state index in [0.29, 0.717) is 0 Å². The van der Waals surface area contributed by atoms with Gasteiger partial charge in [0.25, 0.3) is 0 Å². The molecule has 0 radical (unpaired) electrons. The molecule has 0 atom stereocenters. The molecule has 0 fully saturated rings. The molecule has 2 nitrogen and oxygen atoms in total. The largest absolute Gasteiger partial charge is 0.336 e. The lowest BCUT2D eigenvalue weighted by Crippen LogP contribution is -2.22. The van der Waals surface area contributed by atoms with E-state index in [1.807, 2.05) is 20.8 Å². The van der Waals surface area contributed by atoms with Crippen molar-refractivity contribution in [3.63, 3.8) is 0 Å². The topological polar surface area (TPSA) is 18.5 Å². The van der Waals surface area contributed by atoms with Crippen LogP contribution in [0.5, 0.6) is 5.75 Å². The van der Waals surface area contributed by atoms with E-state index in [1.54, 1.807) is 0 Å². The van der Waals surface area contributed by atoms with Crippen molar-refractivity contribution in [2.24, 2.45) is 0 Å². The summed E-state index contributed by atoms with van der Waals surface area (Å²) in [5, 5.41) is 0. The molecule has 18 heavy (non-hydrogen) atoms. The lowest BCUT2D eigenvalue weighted by molar-refractivity contribution is -0.275. The molecule has 0 N–H and O–H groups in total. The number of rotatable bonds is 6. The van der Waals surface area contributed by atoms with Crippen LogP contribution in [0.1, 0.15) is 58.6 Å². The quantitative estimate of drug-likeness (QED) is 0.538. The van der Waals surface area contributed by atoms with Gasteiger partial charge in [-0.05, 0) is 44.7 Å². The van der Waals surface area contributed by atoms with E-state index in [2.05, 4.69) is 32.0 Å². The molecule has 0 spiro atoms. The van der Waals surface area contributed by atoms with Gasteiger partial charge in [0.15, 0.2) is 5.75 Å². The van der Waals surface area contributed by atoms with Crippen molar-refractivity contribution in [3.05, 3.63) is 29.3 Å². The van der Waals surface area contributed by atoms with Crippen molar-refractivity contribution in [2.45, 2.75) is 65.9 Å². The summed E-state index contributed by atoms with van der Waals surface area (Å²) in [7, 11) is 0. The Bertz CT molecular complexity index is 340. The SMILES string of the molecule is CCCc1cccc(CCC)c1OOC(C)(C)C. The zero-order chi connectivity index (χ0) is 13.6. The summed E-state index contributed by atoms with van der Waals surface area (Å²) in [6.45, 7) is 10.3. The normalized spacial score (nSPS) is 11.6. The zero-order valence-electron chi connectivity index (χ0n) is 12.4. The molecule has 1 aromatic rings. The smallest absolute Gasteiger partial charge is 0.171 e. The van der Waals surface area contributed by atoms with Crippen LogP contribution < -0.4 is 4.89 Å². The molecule has 0 saturated heterocycles. The van der Waals surface area contributed by atoms with Gasteiger partial charge in [-0.3, -0.25) is 0 Å². The molecule has 0 saturated carbocycles. The molecule has 0 aliphatic carbocycles. The van der Waals surface area contributed by atoms with Crippen LogP contribution in [0, 0.1) is 0 Å². The Kier molecular flexibility index (Phi) is 5.67. The second kappa shape index (κ2) is 6.79. The van der Waals surface area contributed by atoms with Crippen LogP contribution in [0.15, 0.2) is 18.2 Å². The molecule has 1 rings (SSSR count). The third-order valence-corrected chi connectivity index (χ3v) is 2.59. The molecule has 0 bridgehead atoms. The van der Waals surface area contributed by atoms with E-state index >= 15 is 0 Å². The van der Waals surface area contributed by atoms with Crippen LogP contribution in [0.4, 0.5) is 0 Å². The van der Waals surface area contributed by atoms with Crippen molar-refractivity contribution >= 4 is 0 Å². The van der Waals surface area contributed by atoms with Crippen LogP contribution in [-0.2, 0) is 17.7 Å². The van der Waals surface area contributed by atoms with Crippen molar-refractivity contribution in [2.75, 3.05) is 0 Å². The van der Waals surface area contributed by atoms with Crippen LogP contribution in [0.3, 0.4) is 0 Å². The molecular formula is C16H26O2. The van der Waals surface area contributed by atoms with Gasteiger partial charge in [0.2, 0.25) is 0 Å². The summed E-state index contributed by atoms with van der Waals surface area (Å²) in [4.78, 5) is 11.1. The Morgan fingerprint density at radius 3 is 1.83 bits per heavy atom. The number of para-hydroxylation sites is 1. The van der Waals surface area contributed by atoms with Crippen LogP contribution in [0.25, 0.3) is 0 Å². The first-order valence-electron chi connectivity index (χ1n) is 6.94. The van der Waals surface area contributed by atoms with Crippen LogP contribution in [-0.4, -0.2) is 5.60 Å². The highest BCUT2D eigenvalue weighted by molar-refractivity contribution is 5.41. The first-order chi connectivity index (χ1) is 8.48. The molecule has 2 heteroatoms. The van der Waals surface area contributed by atoms with E-state index < -0.39 is 0 Å². The summed E-state index contributed by atoms with van der Waals surface area (Å²) < 4.78 is 0. The fourth-order valence-electron chi connectivity index (χ4n) is 1.84. The van der Waals surface area contributed by atoms with Gasteiger partial charge in [-0.2, -0.15) is 4.89 Å². The predicted molar refractivity (Wildman–Crippen MR) is 75.9 cm³/mol. The van der Waals surface area contributed by atoms with E-state index in [9.17, 15) is 0 Å². The summed E-state index contributed by atoms with van der Waals surface area (Å²) in [6, 6.07) is 6.37. The molecule has 0 heterocycles. The van der Waals surface area contributed by atoms with E-state index in [-0.39, 0.29) is 5.60 Å². The third kappa shape index (κ3) is 4.69. The molecule has 1 aromatic carbocycles. The first-order valence-corrected chi connectivity index (χ1v) is 6.94. The van der Waals surface area contributed by atoms with Crippen molar-refractivity contribution in [1.82, 2.24) is 0 Å². The summed E-state index contributed by atoms with van der Waals surface area (Å²) >= 11 is 0. The van der Waals surface area contributed by atoms with Crippen molar-refractivity contribution < 1.29 is 9.78 Å². The van der Waals surface area contributed by atoms with E-state index in [1.165, 1.54) is 11.1 Å². The Hall–Kier alpha value is -1.02. The predicted octanol–water partition coefficient (Wildman–Crippen LogP) is 4.70. The molecule has 102 valence electrons. The second-order valence-electron chi connectivity index (χ2n) is 5.68. The average Bonchev–Trinajstić information content (AvgIpc) is 2.28. The summed E-state index contributed by atoms with van der Waals surface area (Å²) in [5.41, 5.74) is 2.20. The Morgan fingerprint density at radius 2 is 1.44 bits per heavy atom. The summed E-state index contributed by atoms with van der Waals surface area (Å²) in [6.07, 6.45) is 4.28. The number of aryl methyl sites for hydroxylation is 2. The monoisotopic (exact) mass is 250 g/mol. The van der Waals surface area contributed by atoms with Gasteiger partial charge in [0.05, 0.1) is 0 Å². The van der Waals surface area contributed by atoms with Crippen LogP contribution >= 0.6 is 0 Å². The highest BCUT2D eigenvalue weighted by atomic mass is 17.2. The van der Waals surface area contributed by atoms with Crippen LogP contribution in [0.2, 0.25) is 0 Å². The third-order valence-electron chi connectivity index (χ3n) is 2.59. The van der Waals surface area contributed by atoms with E-state index in [4.69, 9.17) is 9.78 Å². The molecule has 0 amide bonds. The van der Waals surface area contributed by atoms with Gasteiger partial charge in [0, 0.05) is 0 Å². The maximum Gasteiger partial charge on any atom is 0.171 e. The number of benzene rings is 1. The molecule has 0 unspecified atom stereocenters. The highest BCUT2D eigenvalue weighted by Gasteiger charge is 2.16. The fraction of sp³-hybridized carbons (Fsp3) is 0.625. The number of hydrogen-bond acceptors (Lipinski definition) is 2. The highest BCUT2D eigenvalue weighted by Crippen LogP contribution is 2.28. The standard InChI is InChI=1S/C16H26O2/c1-6-9-13-11-8-12-14(10-7-2)15(13)17-18-16(3,4)5/h8,11-12H,6-7,9-10H2,1-5H3. The first kappa shape index (κ1) is 15.0. The Labute approximate surface area is 111 Å². The van der Waals surface area contributed by atoms with Gasteiger partial charge in [-0.1, -0.05) is 44.9 Å². The van der Waals surface area contributed by atoms with Crippen molar-refractivity contribution in [1.29, 1.82) is 0 Å². The zero-order valence-corrected chi connectivity index (χ0v) is 12.4. The molecular weight excluding hydrogens is 224 g/mol. The average molecular weight is 250 g/mol. The molecule has 0 aromatic heterocycles. The van der Waals surface area contributed by atoms with Gasteiger partial charge < -0.3 is 4.89 Å². The van der Waals surface area contributed by atoms with Gasteiger partial charge in [-0.15, -0.1) is 0 Å². The Morgan fingerprint density at radius 1 is 0.944 bits per heavy atom. The van der Waals surface area contributed by atoms with Gasteiger partial charge in [0.1, 0.15) is 5.60 Å². The number of hydrogen-bond donors (Lipinski definition) is 0. The van der Waals surface area contributed by atoms with Gasteiger partial charge >= 0.3 is 0 Å². The minimum Gasteiger partial charge on any atom is -0.336 e. The lowest BCUT2D eigenvalue weighted by Gasteiger charge is -2.21. The van der Waals surface area contributed by atoms with Crippen molar-refractivity contribution in [3.8, 4) is 5.75 Å². The second-order valence-corrected chi connectivity index (χ2v) is 5.68. The molecule has 0 aliphatic heterocycles. The maximum absolute atomic E-state index is 5.64. The minimum absolute atomic E-state index is 0.289. The maximum atomic E-state index is 5.64. The summed E-state index contributed by atoms with van der Waals surface area (Å²) in [5.74, 6) is 0.927. The molecule has 0 aliphatic rings. The van der Waals surface area contributed by atoms with Gasteiger partial charge in [-0.25, -0.2) is 0 Å². The fourth-order valence-corrected chi connectivity index (χ4v) is 1.84.